The van der Waals surface area contributed by atoms with Crippen molar-refractivity contribution in [2.45, 2.75) is 13.8 Å². The zero-order valence-corrected chi connectivity index (χ0v) is 8.63. The summed E-state index contributed by atoms with van der Waals surface area (Å²) < 4.78 is 0. The molecule has 2 aromatic rings. The molecule has 0 bridgehead atoms. The van der Waals surface area contributed by atoms with Crippen LogP contribution < -0.4 is 0 Å². The first kappa shape index (κ1) is 7.95. The molecule has 0 aliphatic carbocycles. The highest BCUT2D eigenvalue weighted by Gasteiger charge is 2.02. The van der Waals surface area contributed by atoms with Gasteiger partial charge in [-0.2, -0.15) is 0 Å². The Kier molecular flexibility index (Phi) is 1.98. The zero-order valence-electron chi connectivity index (χ0n) is 7.00. The summed E-state index contributed by atoms with van der Waals surface area (Å²) in [5.74, 6) is 0. The maximum atomic E-state index is 4.23. The van der Waals surface area contributed by atoms with Crippen molar-refractivity contribution >= 4 is 22.7 Å². The Labute approximate surface area is 79.7 Å². The van der Waals surface area contributed by atoms with Gasteiger partial charge < -0.3 is 0 Å². The van der Waals surface area contributed by atoms with E-state index in [1.54, 1.807) is 11.3 Å². The average Bonchev–Trinajstić information content (AvgIpc) is 2.58. The molecule has 0 unspecified atom stereocenters. The Morgan fingerprint density at radius 2 is 1.92 bits per heavy atom. The summed E-state index contributed by atoms with van der Waals surface area (Å²) in [6, 6.07) is 4.31. The van der Waals surface area contributed by atoms with Gasteiger partial charge in [0, 0.05) is 16.0 Å². The summed E-state index contributed by atoms with van der Waals surface area (Å²) >= 11 is 3.58. The van der Waals surface area contributed by atoms with Gasteiger partial charge in [-0.3, -0.25) is 0 Å². The molecule has 0 aliphatic rings. The minimum absolute atomic E-state index is 1.14. The molecule has 0 atom stereocenters. The number of thiazole rings is 1. The van der Waals surface area contributed by atoms with E-state index in [9.17, 15) is 0 Å². The van der Waals surface area contributed by atoms with Crippen molar-refractivity contribution < 1.29 is 0 Å². The molecule has 62 valence electrons. The Morgan fingerprint density at radius 1 is 1.08 bits per heavy atom. The van der Waals surface area contributed by atoms with Gasteiger partial charge in [0.15, 0.2) is 0 Å². The zero-order chi connectivity index (χ0) is 8.55. The molecule has 3 heteroatoms. The summed E-state index contributed by atoms with van der Waals surface area (Å²) in [7, 11) is 0. The van der Waals surface area contributed by atoms with Gasteiger partial charge >= 0.3 is 0 Å². The van der Waals surface area contributed by atoms with Crippen LogP contribution in [-0.4, -0.2) is 4.98 Å². The van der Waals surface area contributed by atoms with Crippen molar-refractivity contribution in [1.29, 1.82) is 0 Å². The Morgan fingerprint density at radius 3 is 2.42 bits per heavy atom. The Balaban J connectivity index is 2.43. The smallest absolute Gasteiger partial charge is 0.0900 e. The molecule has 0 amide bonds. The third kappa shape index (κ3) is 1.42. The molecule has 2 heterocycles. The van der Waals surface area contributed by atoms with Crippen molar-refractivity contribution in [3.63, 3.8) is 0 Å². The number of thiophene rings is 1. The quantitative estimate of drug-likeness (QED) is 0.678. The predicted octanol–water partition coefficient (Wildman–Crippen LogP) is 3.49. The normalized spacial score (nSPS) is 10.5. The molecule has 12 heavy (non-hydrogen) atoms. The van der Waals surface area contributed by atoms with E-state index in [0.29, 0.717) is 0 Å². The standard InChI is InChI=1S/C9H9NS2/c1-6-3-4-8(11-6)9-5-10-7(2)12-9/h3-5H,1-2H3. The maximum Gasteiger partial charge on any atom is 0.0900 e. The SMILES string of the molecule is Cc1ccc(-c2cnc(C)s2)s1. The van der Waals surface area contributed by atoms with Crippen molar-refractivity contribution in [3.8, 4) is 9.75 Å². The van der Waals surface area contributed by atoms with E-state index < -0.39 is 0 Å². The summed E-state index contributed by atoms with van der Waals surface area (Å²) in [4.78, 5) is 8.20. The molecule has 0 saturated carbocycles. The lowest BCUT2D eigenvalue weighted by atomic mass is 10.4. The minimum Gasteiger partial charge on any atom is -0.249 e. The van der Waals surface area contributed by atoms with Crippen LogP contribution in [0.25, 0.3) is 9.75 Å². The van der Waals surface area contributed by atoms with Crippen LogP contribution in [0.3, 0.4) is 0 Å². The molecule has 0 aliphatic heterocycles. The first-order chi connectivity index (χ1) is 5.75. The largest absolute Gasteiger partial charge is 0.249 e. The first-order valence-electron chi connectivity index (χ1n) is 3.75. The van der Waals surface area contributed by atoms with Crippen molar-refractivity contribution in [2.24, 2.45) is 0 Å². The Hall–Kier alpha value is -0.670. The minimum atomic E-state index is 1.14. The number of nitrogens with zero attached hydrogens (tertiary/aromatic N) is 1. The average molecular weight is 195 g/mol. The van der Waals surface area contributed by atoms with Gasteiger partial charge in [-0.05, 0) is 26.0 Å². The molecular weight excluding hydrogens is 186 g/mol. The van der Waals surface area contributed by atoms with Gasteiger partial charge in [-0.15, -0.1) is 22.7 Å². The van der Waals surface area contributed by atoms with E-state index in [4.69, 9.17) is 0 Å². The van der Waals surface area contributed by atoms with Crippen LogP contribution in [0.5, 0.6) is 0 Å². The van der Waals surface area contributed by atoms with Crippen molar-refractivity contribution in [1.82, 2.24) is 4.98 Å². The lowest BCUT2D eigenvalue weighted by molar-refractivity contribution is 1.30. The van der Waals surface area contributed by atoms with E-state index in [0.717, 1.165) is 5.01 Å². The number of hydrogen-bond acceptors (Lipinski definition) is 3. The molecule has 2 aromatic heterocycles. The van der Waals surface area contributed by atoms with Crippen LogP contribution in [0.4, 0.5) is 0 Å². The highest BCUT2D eigenvalue weighted by atomic mass is 32.1. The molecule has 0 spiro atoms. The third-order valence-electron chi connectivity index (χ3n) is 1.60. The summed E-state index contributed by atoms with van der Waals surface area (Å²) in [5.41, 5.74) is 0. The molecule has 0 saturated heterocycles. The van der Waals surface area contributed by atoms with E-state index in [1.807, 2.05) is 24.5 Å². The monoisotopic (exact) mass is 195 g/mol. The van der Waals surface area contributed by atoms with Gasteiger partial charge in [0.1, 0.15) is 0 Å². The Bertz CT molecular complexity index is 348. The first-order valence-corrected chi connectivity index (χ1v) is 5.38. The molecule has 0 N–H and O–H groups in total. The van der Waals surface area contributed by atoms with Gasteiger partial charge in [-0.25, -0.2) is 4.98 Å². The van der Waals surface area contributed by atoms with Crippen LogP contribution in [-0.2, 0) is 0 Å². The van der Waals surface area contributed by atoms with Crippen molar-refractivity contribution in [3.05, 3.63) is 28.2 Å². The highest BCUT2D eigenvalue weighted by molar-refractivity contribution is 7.21. The molecular formula is C9H9NS2. The predicted molar refractivity (Wildman–Crippen MR) is 54.9 cm³/mol. The fraction of sp³-hybridized carbons (Fsp3) is 0.222. The highest BCUT2D eigenvalue weighted by Crippen LogP contribution is 2.31. The van der Waals surface area contributed by atoms with Crippen LogP contribution in [0.1, 0.15) is 9.88 Å². The number of hydrogen-bond donors (Lipinski definition) is 0. The number of rotatable bonds is 1. The van der Waals surface area contributed by atoms with Crippen LogP contribution in [0, 0.1) is 13.8 Å². The third-order valence-corrected chi connectivity index (χ3v) is 3.71. The second-order valence-corrected chi connectivity index (χ2v) is 5.18. The maximum absolute atomic E-state index is 4.23. The second kappa shape index (κ2) is 2.99. The molecule has 2 rings (SSSR count). The second-order valence-electron chi connectivity index (χ2n) is 2.65. The van der Waals surface area contributed by atoms with Crippen LogP contribution in [0.15, 0.2) is 18.3 Å². The lowest BCUT2D eigenvalue weighted by Gasteiger charge is -1.85. The number of aryl methyl sites for hydroxylation is 2. The summed E-state index contributed by atoms with van der Waals surface area (Å²) in [6.45, 7) is 4.16. The molecule has 0 radical (unpaired) electrons. The van der Waals surface area contributed by atoms with E-state index >= 15 is 0 Å². The molecule has 1 nitrogen and oxygen atoms in total. The summed E-state index contributed by atoms with van der Waals surface area (Å²) in [5, 5.41) is 1.14. The van der Waals surface area contributed by atoms with E-state index in [-0.39, 0.29) is 0 Å². The van der Waals surface area contributed by atoms with Gasteiger partial charge in [0.2, 0.25) is 0 Å². The van der Waals surface area contributed by atoms with Gasteiger partial charge in [0.25, 0.3) is 0 Å². The van der Waals surface area contributed by atoms with Gasteiger partial charge in [-0.1, -0.05) is 0 Å². The van der Waals surface area contributed by atoms with E-state index in [2.05, 4.69) is 24.0 Å². The fourth-order valence-electron chi connectivity index (χ4n) is 1.04. The molecule has 0 fully saturated rings. The topological polar surface area (TPSA) is 12.9 Å². The van der Waals surface area contributed by atoms with Gasteiger partial charge in [0.05, 0.1) is 9.88 Å². The summed E-state index contributed by atoms with van der Waals surface area (Å²) in [6.07, 6.45) is 1.95. The van der Waals surface area contributed by atoms with Crippen LogP contribution >= 0.6 is 22.7 Å². The lowest BCUT2D eigenvalue weighted by Crippen LogP contribution is -1.58. The fourth-order valence-corrected chi connectivity index (χ4v) is 2.76. The number of aromatic nitrogens is 1. The van der Waals surface area contributed by atoms with Crippen LogP contribution in [0.2, 0.25) is 0 Å². The van der Waals surface area contributed by atoms with Crippen molar-refractivity contribution in [2.75, 3.05) is 0 Å². The van der Waals surface area contributed by atoms with E-state index in [1.165, 1.54) is 14.6 Å². The molecule has 0 aromatic carbocycles.